The molecule has 2 aliphatic rings. The Kier molecular flexibility index (Phi) is 7.37. The van der Waals surface area contributed by atoms with E-state index >= 15 is 0 Å². The molecule has 118 valence electrons. The van der Waals surface area contributed by atoms with Crippen LogP contribution in [-0.2, 0) is 4.74 Å². The molecule has 0 aromatic rings. The Balaban J connectivity index is 1.77. The lowest BCUT2D eigenvalue weighted by Gasteiger charge is -2.36. The second-order valence-electron chi connectivity index (χ2n) is 7.02. The van der Waals surface area contributed by atoms with Gasteiger partial charge in [-0.15, -0.1) is 0 Å². The van der Waals surface area contributed by atoms with E-state index in [1.807, 2.05) is 0 Å². The van der Waals surface area contributed by atoms with Gasteiger partial charge >= 0.3 is 0 Å². The summed E-state index contributed by atoms with van der Waals surface area (Å²) in [4.78, 5) is 0. The highest BCUT2D eigenvalue weighted by atomic mass is 16.5. The molecule has 20 heavy (non-hydrogen) atoms. The molecule has 2 heteroatoms. The first-order chi connectivity index (χ1) is 9.83. The molecule has 1 heterocycles. The number of nitrogens with one attached hydrogen (secondary N) is 1. The zero-order valence-corrected chi connectivity index (χ0v) is 13.7. The van der Waals surface area contributed by atoms with Crippen molar-refractivity contribution in [3.8, 4) is 0 Å². The minimum Gasteiger partial charge on any atom is -0.378 e. The lowest BCUT2D eigenvalue weighted by molar-refractivity contribution is 0.0839. The standard InChI is InChI=1S/C18H35NO/c1-3-11-19-14-17-8-7-15(4-2)13-16(17)9-10-18-6-5-12-20-18/h15-19H,3-14H2,1-2H3. The van der Waals surface area contributed by atoms with E-state index in [9.17, 15) is 0 Å². The normalized spacial score (nSPS) is 34.5. The van der Waals surface area contributed by atoms with Crippen molar-refractivity contribution in [1.29, 1.82) is 0 Å². The third-order valence-corrected chi connectivity index (χ3v) is 5.54. The van der Waals surface area contributed by atoms with Crippen LogP contribution in [0.2, 0.25) is 0 Å². The number of rotatable bonds is 8. The lowest BCUT2D eigenvalue weighted by atomic mass is 9.71. The Morgan fingerprint density at radius 1 is 1.05 bits per heavy atom. The fourth-order valence-corrected chi connectivity index (χ4v) is 4.15. The van der Waals surface area contributed by atoms with E-state index in [2.05, 4.69) is 19.2 Å². The van der Waals surface area contributed by atoms with Crippen LogP contribution < -0.4 is 5.32 Å². The second-order valence-corrected chi connectivity index (χ2v) is 7.02. The predicted octanol–water partition coefficient (Wildman–Crippen LogP) is 4.39. The van der Waals surface area contributed by atoms with Gasteiger partial charge in [0.25, 0.3) is 0 Å². The van der Waals surface area contributed by atoms with Gasteiger partial charge < -0.3 is 10.1 Å². The third kappa shape index (κ3) is 5.04. The molecule has 4 unspecified atom stereocenters. The van der Waals surface area contributed by atoms with Crippen LogP contribution >= 0.6 is 0 Å². The summed E-state index contributed by atoms with van der Waals surface area (Å²) in [5, 5.41) is 3.66. The van der Waals surface area contributed by atoms with Crippen molar-refractivity contribution in [3.05, 3.63) is 0 Å². The Morgan fingerprint density at radius 3 is 2.65 bits per heavy atom. The number of hydrogen-bond donors (Lipinski definition) is 1. The molecule has 0 bridgehead atoms. The molecule has 2 nitrogen and oxygen atoms in total. The fourth-order valence-electron chi connectivity index (χ4n) is 4.15. The van der Waals surface area contributed by atoms with Crippen molar-refractivity contribution in [2.75, 3.05) is 19.7 Å². The zero-order valence-electron chi connectivity index (χ0n) is 13.7. The Labute approximate surface area is 126 Å². The molecule has 1 aliphatic heterocycles. The van der Waals surface area contributed by atoms with Crippen LogP contribution in [0.4, 0.5) is 0 Å². The minimum atomic E-state index is 0.584. The molecular formula is C18H35NO. The molecule has 2 rings (SSSR count). The van der Waals surface area contributed by atoms with Gasteiger partial charge in [-0.05, 0) is 75.8 Å². The Hall–Kier alpha value is -0.0800. The van der Waals surface area contributed by atoms with E-state index in [-0.39, 0.29) is 0 Å². The molecule has 0 spiro atoms. The van der Waals surface area contributed by atoms with Crippen LogP contribution in [0, 0.1) is 17.8 Å². The summed E-state index contributed by atoms with van der Waals surface area (Å²) in [7, 11) is 0. The molecule has 1 saturated carbocycles. The SMILES string of the molecule is CCCNCC1CCC(CC)CC1CCC1CCCO1. The highest BCUT2D eigenvalue weighted by molar-refractivity contribution is 4.82. The summed E-state index contributed by atoms with van der Waals surface area (Å²) in [6, 6.07) is 0. The van der Waals surface area contributed by atoms with Crippen molar-refractivity contribution in [2.45, 2.75) is 77.7 Å². The van der Waals surface area contributed by atoms with Gasteiger partial charge in [0.15, 0.2) is 0 Å². The van der Waals surface area contributed by atoms with Crippen molar-refractivity contribution >= 4 is 0 Å². The average Bonchev–Trinajstić information content (AvgIpc) is 2.99. The summed E-state index contributed by atoms with van der Waals surface area (Å²) >= 11 is 0. The lowest BCUT2D eigenvalue weighted by Crippen LogP contribution is -2.34. The van der Waals surface area contributed by atoms with E-state index < -0.39 is 0 Å². The highest BCUT2D eigenvalue weighted by Gasteiger charge is 2.30. The largest absolute Gasteiger partial charge is 0.378 e. The van der Waals surface area contributed by atoms with Crippen LogP contribution in [0.25, 0.3) is 0 Å². The van der Waals surface area contributed by atoms with E-state index in [0.29, 0.717) is 6.10 Å². The molecule has 0 aromatic carbocycles. The maximum absolute atomic E-state index is 5.82. The molecule has 1 aliphatic carbocycles. The van der Waals surface area contributed by atoms with E-state index in [0.717, 1.165) is 24.4 Å². The van der Waals surface area contributed by atoms with Crippen LogP contribution in [0.3, 0.4) is 0 Å². The van der Waals surface area contributed by atoms with Gasteiger partial charge in [0.05, 0.1) is 6.10 Å². The molecule has 0 aromatic heterocycles. The van der Waals surface area contributed by atoms with Gasteiger partial charge in [0.1, 0.15) is 0 Å². The monoisotopic (exact) mass is 281 g/mol. The first kappa shape index (κ1) is 16.3. The average molecular weight is 281 g/mol. The van der Waals surface area contributed by atoms with Crippen LogP contribution in [-0.4, -0.2) is 25.8 Å². The van der Waals surface area contributed by atoms with E-state index in [4.69, 9.17) is 4.74 Å². The first-order valence-electron chi connectivity index (χ1n) is 9.15. The van der Waals surface area contributed by atoms with Crippen molar-refractivity contribution in [1.82, 2.24) is 5.32 Å². The Morgan fingerprint density at radius 2 is 1.95 bits per heavy atom. The maximum atomic E-state index is 5.82. The molecule has 0 radical (unpaired) electrons. The summed E-state index contributed by atoms with van der Waals surface area (Å²) in [5.41, 5.74) is 0. The van der Waals surface area contributed by atoms with Gasteiger partial charge in [0, 0.05) is 6.61 Å². The van der Waals surface area contributed by atoms with Gasteiger partial charge in [-0.25, -0.2) is 0 Å². The van der Waals surface area contributed by atoms with Gasteiger partial charge in [-0.1, -0.05) is 26.7 Å². The zero-order chi connectivity index (χ0) is 14.2. The second kappa shape index (κ2) is 9.04. The topological polar surface area (TPSA) is 21.3 Å². The smallest absolute Gasteiger partial charge is 0.0576 e. The molecule has 2 fully saturated rings. The predicted molar refractivity (Wildman–Crippen MR) is 86.0 cm³/mol. The molecule has 1 N–H and O–H groups in total. The van der Waals surface area contributed by atoms with Crippen molar-refractivity contribution < 1.29 is 4.74 Å². The van der Waals surface area contributed by atoms with Crippen molar-refractivity contribution in [3.63, 3.8) is 0 Å². The summed E-state index contributed by atoms with van der Waals surface area (Å²) in [6.45, 7) is 8.08. The van der Waals surface area contributed by atoms with Gasteiger partial charge in [0.2, 0.25) is 0 Å². The number of ether oxygens (including phenoxy) is 1. The number of hydrogen-bond acceptors (Lipinski definition) is 2. The fraction of sp³-hybridized carbons (Fsp3) is 1.00. The van der Waals surface area contributed by atoms with E-state index in [1.54, 1.807) is 0 Å². The van der Waals surface area contributed by atoms with Crippen LogP contribution in [0.1, 0.15) is 71.6 Å². The molecular weight excluding hydrogens is 246 g/mol. The maximum Gasteiger partial charge on any atom is 0.0576 e. The quantitative estimate of drug-likeness (QED) is 0.666. The van der Waals surface area contributed by atoms with Crippen LogP contribution in [0.15, 0.2) is 0 Å². The Bertz CT molecular complexity index is 248. The van der Waals surface area contributed by atoms with Crippen LogP contribution in [0.5, 0.6) is 0 Å². The summed E-state index contributed by atoms with van der Waals surface area (Å²) in [5.74, 6) is 2.86. The third-order valence-electron chi connectivity index (χ3n) is 5.54. The van der Waals surface area contributed by atoms with E-state index in [1.165, 1.54) is 70.9 Å². The summed E-state index contributed by atoms with van der Waals surface area (Å²) in [6.07, 6.45) is 12.9. The van der Waals surface area contributed by atoms with Gasteiger partial charge in [-0.3, -0.25) is 0 Å². The summed E-state index contributed by atoms with van der Waals surface area (Å²) < 4.78 is 5.82. The highest BCUT2D eigenvalue weighted by Crippen LogP contribution is 2.38. The molecule has 4 atom stereocenters. The van der Waals surface area contributed by atoms with Gasteiger partial charge in [-0.2, -0.15) is 0 Å². The molecule has 0 amide bonds. The first-order valence-corrected chi connectivity index (χ1v) is 9.15. The molecule has 1 saturated heterocycles. The minimum absolute atomic E-state index is 0.584. The van der Waals surface area contributed by atoms with Crippen molar-refractivity contribution in [2.24, 2.45) is 17.8 Å².